The molecule has 108 valence electrons. The van der Waals surface area contributed by atoms with Crippen LogP contribution in [-0.2, 0) is 6.42 Å². The highest BCUT2D eigenvalue weighted by Gasteiger charge is 2.37. The van der Waals surface area contributed by atoms with Crippen molar-refractivity contribution in [1.82, 2.24) is 15.1 Å². The maximum Gasteiger partial charge on any atom is 0.320 e. The van der Waals surface area contributed by atoms with E-state index in [0.29, 0.717) is 6.04 Å². The van der Waals surface area contributed by atoms with Gasteiger partial charge in [0, 0.05) is 32.7 Å². The summed E-state index contributed by atoms with van der Waals surface area (Å²) in [5, 5.41) is 3.37. The summed E-state index contributed by atoms with van der Waals surface area (Å²) in [6.45, 7) is 4.55. The molecule has 2 aliphatic heterocycles. The molecule has 1 aromatic carbocycles. The second kappa shape index (κ2) is 6.27. The van der Waals surface area contributed by atoms with Crippen LogP contribution in [0.3, 0.4) is 0 Å². The molecule has 0 spiro atoms. The van der Waals surface area contributed by atoms with Gasteiger partial charge in [-0.2, -0.15) is 0 Å². The van der Waals surface area contributed by atoms with E-state index in [-0.39, 0.29) is 6.03 Å². The Morgan fingerprint density at radius 3 is 2.85 bits per heavy atom. The zero-order valence-corrected chi connectivity index (χ0v) is 11.9. The smallest absolute Gasteiger partial charge is 0.320 e. The average Bonchev–Trinajstić information content (AvgIpc) is 2.82. The summed E-state index contributed by atoms with van der Waals surface area (Å²) < 4.78 is 0. The fourth-order valence-corrected chi connectivity index (χ4v) is 3.15. The van der Waals surface area contributed by atoms with Crippen molar-refractivity contribution in [2.24, 2.45) is 0 Å². The Morgan fingerprint density at radius 2 is 2.05 bits per heavy atom. The molecule has 2 saturated heterocycles. The number of urea groups is 1. The Hall–Kier alpha value is -1.55. The Morgan fingerprint density at radius 1 is 1.20 bits per heavy atom. The van der Waals surface area contributed by atoms with Crippen LogP contribution in [0.2, 0.25) is 0 Å². The van der Waals surface area contributed by atoms with Crippen LogP contribution in [0, 0.1) is 0 Å². The fourth-order valence-electron chi connectivity index (χ4n) is 3.15. The van der Waals surface area contributed by atoms with Gasteiger partial charge >= 0.3 is 6.03 Å². The van der Waals surface area contributed by atoms with Gasteiger partial charge in [-0.15, -0.1) is 0 Å². The number of amides is 2. The van der Waals surface area contributed by atoms with Crippen LogP contribution in [0.5, 0.6) is 0 Å². The minimum atomic E-state index is 0.246. The van der Waals surface area contributed by atoms with Crippen LogP contribution >= 0.6 is 0 Å². The van der Waals surface area contributed by atoms with Crippen molar-refractivity contribution in [3.63, 3.8) is 0 Å². The van der Waals surface area contributed by atoms with Gasteiger partial charge in [0.25, 0.3) is 0 Å². The number of carbonyl (C=O) groups is 1. The quantitative estimate of drug-likeness (QED) is 0.829. The van der Waals surface area contributed by atoms with Crippen molar-refractivity contribution in [2.75, 3.05) is 32.7 Å². The van der Waals surface area contributed by atoms with Gasteiger partial charge in [0.2, 0.25) is 0 Å². The van der Waals surface area contributed by atoms with Gasteiger partial charge < -0.3 is 15.1 Å². The van der Waals surface area contributed by atoms with Crippen LogP contribution in [0.25, 0.3) is 0 Å². The minimum Gasteiger partial charge on any atom is -0.323 e. The second-order valence-corrected chi connectivity index (χ2v) is 5.72. The number of nitrogens with one attached hydrogen (secondary N) is 1. The number of unbranched alkanes of at least 4 members (excludes halogenated alkanes) is 1. The number of rotatable bonds is 5. The number of nitrogens with zero attached hydrogens (tertiary/aromatic N) is 2. The van der Waals surface area contributed by atoms with Gasteiger partial charge in [-0.3, -0.25) is 0 Å². The van der Waals surface area contributed by atoms with Gasteiger partial charge in [0.05, 0.1) is 6.04 Å². The lowest BCUT2D eigenvalue weighted by atomic mass is 10.1. The number of aryl methyl sites for hydroxylation is 1. The Kier molecular flexibility index (Phi) is 4.21. The monoisotopic (exact) mass is 273 g/mol. The van der Waals surface area contributed by atoms with Gasteiger partial charge in [-0.25, -0.2) is 4.79 Å². The standard InChI is InChI=1S/C16H23N3O/c20-16-18(13-15-12-17-9-11-19(15)16)10-5-4-8-14-6-2-1-3-7-14/h1-3,6-7,15,17H,4-5,8-13H2. The molecular weight excluding hydrogens is 250 g/mol. The van der Waals surface area contributed by atoms with E-state index in [1.807, 2.05) is 9.80 Å². The molecule has 4 nitrogen and oxygen atoms in total. The lowest BCUT2D eigenvalue weighted by Crippen LogP contribution is -2.49. The van der Waals surface area contributed by atoms with Gasteiger partial charge in [0.15, 0.2) is 0 Å². The third-order valence-electron chi connectivity index (χ3n) is 4.28. The lowest BCUT2D eigenvalue weighted by Gasteiger charge is -2.28. The van der Waals surface area contributed by atoms with Crippen LogP contribution < -0.4 is 5.32 Å². The normalized spacial score (nSPS) is 22.2. The predicted molar refractivity (Wildman–Crippen MR) is 79.7 cm³/mol. The van der Waals surface area contributed by atoms with E-state index in [9.17, 15) is 4.79 Å². The number of fused-ring (bicyclic) bond motifs is 1. The molecule has 1 N–H and O–H groups in total. The van der Waals surface area contributed by atoms with Crippen molar-refractivity contribution in [1.29, 1.82) is 0 Å². The first-order chi connectivity index (χ1) is 9.84. The zero-order chi connectivity index (χ0) is 13.8. The van der Waals surface area contributed by atoms with E-state index >= 15 is 0 Å². The number of piperazine rings is 1. The van der Waals surface area contributed by atoms with Crippen LogP contribution in [0.4, 0.5) is 4.79 Å². The average molecular weight is 273 g/mol. The third-order valence-corrected chi connectivity index (χ3v) is 4.28. The molecule has 2 amide bonds. The highest BCUT2D eigenvalue weighted by molar-refractivity contribution is 5.77. The van der Waals surface area contributed by atoms with Crippen molar-refractivity contribution < 1.29 is 4.79 Å². The number of carbonyl (C=O) groups excluding carboxylic acids is 1. The molecule has 2 aliphatic rings. The maximum absolute atomic E-state index is 12.2. The molecule has 3 rings (SSSR count). The summed E-state index contributed by atoms with van der Waals surface area (Å²) in [6.07, 6.45) is 3.35. The summed E-state index contributed by atoms with van der Waals surface area (Å²) in [4.78, 5) is 16.3. The van der Waals surface area contributed by atoms with Gasteiger partial charge in [0.1, 0.15) is 0 Å². The lowest BCUT2D eigenvalue weighted by molar-refractivity contribution is 0.179. The third kappa shape index (κ3) is 2.96. The summed E-state index contributed by atoms with van der Waals surface area (Å²) in [5.41, 5.74) is 1.39. The van der Waals surface area contributed by atoms with Gasteiger partial charge in [-0.1, -0.05) is 30.3 Å². The Bertz CT molecular complexity index is 448. The first-order valence-electron chi connectivity index (χ1n) is 7.65. The maximum atomic E-state index is 12.2. The fraction of sp³-hybridized carbons (Fsp3) is 0.562. The number of hydrogen-bond donors (Lipinski definition) is 1. The highest BCUT2D eigenvalue weighted by atomic mass is 16.2. The number of hydrogen-bond acceptors (Lipinski definition) is 2. The molecule has 2 fully saturated rings. The molecule has 0 aliphatic carbocycles. The van der Waals surface area contributed by atoms with E-state index in [4.69, 9.17) is 0 Å². The minimum absolute atomic E-state index is 0.246. The van der Waals surface area contributed by atoms with E-state index < -0.39 is 0 Å². The van der Waals surface area contributed by atoms with E-state index in [2.05, 4.69) is 35.6 Å². The molecule has 0 aromatic heterocycles. The van der Waals surface area contributed by atoms with E-state index in [1.165, 1.54) is 5.56 Å². The summed E-state index contributed by atoms with van der Waals surface area (Å²) in [5.74, 6) is 0. The molecule has 1 aromatic rings. The molecule has 2 heterocycles. The first kappa shape index (κ1) is 13.4. The summed E-state index contributed by atoms with van der Waals surface area (Å²) in [6, 6.07) is 11.2. The van der Waals surface area contributed by atoms with Crippen LogP contribution in [-0.4, -0.2) is 54.6 Å². The Balaban J connectivity index is 1.42. The summed E-state index contributed by atoms with van der Waals surface area (Å²) in [7, 11) is 0. The molecule has 1 unspecified atom stereocenters. The van der Waals surface area contributed by atoms with Crippen molar-refractivity contribution >= 4 is 6.03 Å². The molecule has 1 atom stereocenters. The van der Waals surface area contributed by atoms with E-state index in [0.717, 1.165) is 52.0 Å². The molecule has 4 heteroatoms. The van der Waals surface area contributed by atoms with Crippen molar-refractivity contribution in [3.8, 4) is 0 Å². The highest BCUT2D eigenvalue weighted by Crippen LogP contribution is 2.18. The topological polar surface area (TPSA) is 35.6 Å². The molecule has 0 radical (unpaired) electrons. The molecule has 0 saturated carbocycles. The SMILES string of the molecule is O=C1N(CCCCc2ccccc2)CC2CNCCN12. The molecular formula is C16H23N3O. The largest absolute Gasteiger partial charge is 0.323 e. The Labute approximate surface area is 120 Å². The zero-order valence-electron chi connectivity index (χ0n) is 11.9. The van der Waals surface area contributed by atoms with E-state index in [1.54, 1.807) is 0 Å². The van der Waals surface area contributed by atoms with Crippen LogP contribution in [0.1, 0.15) is 18.4 Å². The first-order valence-corrected chi connectivity index (χ1v) is 7.65. The second-order valence-electron chi connectivity index (χ2n) is 5.72. The van der Waals surface area contributed by atoms with Crippen LogP contribution in [0.15, 0.2) is 30.3 Å². The molecule has 0 bridgehead atoms. The molecule has 20 heavy (non-hydrogen) atoms. The van der Waals surface area contributed by atoms with Crippen molar-refractivity contribution in [2.45, 2.75) is 25.3 Å². The predicted octanol–water partition coefficient (Wildman–Crippen LogP) is 1.72. The van der Waals surface area contributed by atoms with Crippen molar-refractivity contribution in [3.05, 3.63) is 35.9 Å². The number of benzene rings is 1. The summed E-state index contributed by atoms with van der Waals surface area (Å²) >= 11 is 0. The van der Waals surface area contributed by atoms with Gasteiger partial charge in [-0.05, 0) is 24.8 Å².